The van der Waals surface area contributed by atoms with Crippen molar-refractivity contribution in [3.63, 3.8) is 0 Å². The lowest BCUT2D eigenvalue weighted by atomic mass is 10.1. The lowest BCUT2D eigenvalue weighted by molar-refractivity contribution is -0.120. The molecular formula is C18H25ClN2O2. The second-order valence-corrected chi connectivity index (χ2v) is 6.22. The van der Waals surface area contributed by atoms with E-state index in [0.717, 1.165) is 31.5 Å². The predicted molar refractivity (Wildman–Crippen MR) is 95.1 cm³/mol. The number of ether oxygens (including phenoxy) is 1. The van der Waals surface area contributed by atoms with Crippen LogP contribution < -0.4 is 10.2 Å². The fraction of sp³-hybridized carbons (Fsp3) is 0.500. The smallest absolute Gasteiger partial charge is 0.229 e. The van der Waals surface area contributed by atoms with Gasteiger partial charge in [-0.1, -0.05) is 17.7 Å². The Morgan fingerprint density at radius 3 is 2.83 bits per heavy atom. The van der Waals surface area contributed by atoms with E-state index in [-0.39, 0.29) is 18.0 Å². The summed E-state index contributed by atoms with van der Waals surface area (Å²) in [7, 11) is 1.62. The summed E-state index contributed by atoms with van der Waals surface area (Å²) in [5.74, 6) is 0.0893. The quantitative estimate of drug-likeness (QED) is 0.740. The van der Waals surface area contributed by atoms with E-state index in [1.54, 1.807) is 7.11 Å². The van der Waals surface area contributed by atoms with Gasteiger partial charge in [0.1, 0.15) is 0 Å². The second kappa shape index (κ2) is 9.06. The van der Waals surface area contributed by atoms with Crippen molar-refractivity contribution in [2.24, 2.45) is 0 Å². The van der Waals surface area contributed by atoms with Crippen LogP contribution in [0, 0.1) is 0 Å². The van der Waals surface area contributed by atoms with Gasteiger partial charge < -0.3 is 15.0 Å². The van der Waals surface area contributed by atoms with Crippen LogP contribution in [0.15, 0.2) is 36.9 Å². The summed E-state index contributed by atoms with van der Waals surface area (Å²) >= 11 is 5.99. The summed E-state index contributed by atoms with van der Waals surface area (Å²) in [5.41, 5.74) is 0.896. The predicted octanol–water partition coefficient (Wildman–Crippen LogP) is 3.41. The molecule has 2 rings (SSSR count). The minimum absolute atomic E-state index is 0.0893. The summed E-state index contributed by atoms with van der Waals surface area (Å²) in [6.07, 6.45) is 5.41. The Bertz CT molecular complexity index is 518. The molecule has 2 unspecified atom stereocenters. The summed E-state index contributed by atoms with van der Waals surface area (Å²) in [6, 6.07) is 7.92. The third-order valence-electron chi connectivity index (χ3n) is 4.23. The van der Waals surface area contributed by atoms with E-state index >= 15 is 0 Å². The van der Waals surface area contributed by atoms with Crippen LogP contribution in [0.3, 0.4) is 0 Å². The van der Waals surface area contributed by atoms with Crippen LogP contribution in [0.5, 0.6) is 0 Å². The molecule has 23 heavy (non-hydrogen) atoms. The minimum atomic E-state index is 0.0893. The van der Waals surface area contributed by atoms with Gasteiger partial charge in [-0.15, -0.1) is 6.58 Å². The average Bonchev–Trinajstić information content (AvgIpc) is 3.01. The molecule has 126 valence electrons. The molecule has 1 aromatic rings. The van der Waals surface area contributed by atoms with Crippen LogP contribution in [-0.4, -0.2) is 38.3 Å². The topological polar surface area (TPSA) is 41.6 Å². The maximum Gasteiger partial charge on any atom is 0.229 e. The Kier molecular flexibility index (Phi) is 7.09. The largest absolute Gasteiger partial charge is 0.384 e. The third-order valence-corrected chi connectivity index (χ3v) is 4.48. The van der Waals surface area contributed by atoms with E-state index in [1.165, 1.54) is 0 Å². The van der Waals surface area contributed by atoms with Crippen LogP contribution in [-0.2, 0) is 9.53 Å². The first-order valence-corrected chi connectivity index (χ1v) is 8.46. The monoisotopic (exact) mass is 336 g/mol. The third kappa shape index (κ3) is 4.80. The van der Waals surface area contributed by atoms with Crippen molar-refractivity contribution < 1.29 is 9.53 Å². The standard InChI is InChI=1S/C18H25ClN2O2/c1-3-12-20-16-5-4-6-17(16)21(18(22)11-13-23-2)15-9-7-14(19)8-10-15/h3,7-10,16-17,20H,1,4-6,11-13H2,2H3. The average molecular weight is 337 g/mol. The van der Waals surface area contributed by atoms with Crippen LogP contribution in [0.25, 0.3) is 0 Å². The summed E-state index contributed by atoms with van der Waals surface area (Å²) in [4.78, 5) is 14.7. The molecule has 1 amide bonds. The number of anilines is 1. The number of nitrogens with one attached hydrogen (secondary N) is 1. The van der Waals surface area contributed by atoms with Crippen LogP contribution in [0.1, 0.15) is 25.7 Å². The van der Waals surface area contributed by atoms with Crippen molar-refractivity contribution in [3.05, 3.63) is 41.9 Å². The number of hydrogen-bond donors (Lipinski definition) is 1. The fourth-order valence-corrected chi connectivity index (χ4v) is 3.28. The number of carbonyl (C=O) groups is 1. The van der Waals surface area contributed by atoms with E-state index in [9.17, 15) is 4.79 Å². The number of carbonyl (C=O) groups excluding carboxylic acids is 1. The van der Waals surface area contributed by atoms with Gasteiger partial charge in [0.15, 0.2) is 0 Å². The number of nitrogens with zero attached hydrogens (tertiary/aromatic N) is 1. The van der Waals surface area contributed by atoms with Gasteiger partial charge >= 0.3 is 0 Å². The molecule has 0 bridgehead atoms. The van der Waals surface area contributed by atoms with Gasteiger partial charge in [0.25, 0.3) is 0 Å². The first kappa shape index (κ1) is 18.0. The first-order chi connectivity index (χ1) is 11.2. The zero-order chi connectivity index (χ0) is 16.7. The SMILES string of the molecule is C=CCNC1CCCC1N(C(=O)CCOC)c1ccc(Cl)cc1. The molecule has 1 N–H and O–H groups in total. The Morgan fingerprint density at radius 1 is 1.43 bits per heavy atom. The summed E-state index contributed by atoms with van der Waals surface area (Å²) in [6.45, 7) is 4.94. The zero-order valence-corrected chi connectivity index (χ0v) is 14.4. The van der Waals surface area contributed by atoms with Crippen LogP contribution >= 0.6 is 11.6 Å². The van der Waals surface area contributed by atoms with E-state index in [1.807, 2.05) is 35.2 Å². The Balaban J connectivity index is 2.23. The van der Waals surface area contributed by atoms with Gasteiger partial charge in [0.05, 0.1) is 19.1 Å². The fourth-order valence-electron chi connectivity index (χ4n) is 3.15. The zero-order valence-electron chi connectivity index (χ0n) is 13.6. The molecule has 5 heteroatoms. The first-order valence-electron chi connectivity index (χ1n) is 8.08. The summed E-state index contributed by atoms with van der Waals surface area (Å²) in [5, 5.41) is 4.16. The van der Waals surface area contributed by atoms with Crippen molar-refractivity contribution >= 4 is 23.2 Å². The van der Waals surface area contributed by atoms with Gasteiger partial charge in [-0.05, 0) is 43.5 Å². The molecule has 0 spiro atoms. The molecule has 4 nitrogen and oxygen atoms in total. The van der Waals surface area contributed by atoms with Crippen molar-refractivity contribution in [3.8, 4) is 0 Å². The number of hydrogen-bond acceptors (Lipinski definition) is 3. The summed E-state index contributed by atoms with van der Waals surface area (Å²) < 4.78 is 5.07. The van der Waals surface area contributed by atoms with E-state index in [2.05, 4.69) is 11.9 Å². The normalized spacial score (nSPS) is 20.4. The highest BCUT2D eigenvalue weighted by molar-refractivity contribution is 6.30. The number of halogens is 1. The molecule has 0 radical (unpaired) electrons. The van der Waals surface area contributed by atoms with Crippen molar-refractivity contribution in [1.29, 1.82) is 0 Å². The van der Waals surface area contributed by atoms with Crippen molar-refractivity contribution in [1.82, 2.24) is 5.32 Å². The lowest BCUT2D eigenvalue weighted by Crippen LogP contribution is -2.50. The highest BCUT2D eigenvalue weighted by Crippen LogP contribution is 2.30. The van der Waals surface area contributed by atoms with Gasteiger partial charge in [0.2, 0.25) is 5.91 Å². The van der Waals surface area contributed by atoms with Crippen molar-refractivity contribution in [2.75, 3.05) is 25.2 Å². The van der Waals surface area contributed by atoms with Gasteiger partial charge in [0, 0.05) is 30.4 Å². The minimum Gasteiger partial charge on any atom is -0.384 e. The molecule has 0 heterocycles. The molecule has 1 aliphatic carbocycles. The van der Waals surface area contributed by atoms with Crippen LogP contribution in [0.2, 0.25) is 5.02 Å². The maximum absolute atomic E-state index is 12.8. The number of amides is 1. The number of methoxy groups -OCH3 is 1. The molecule has 1 aromatic carbocycles. The van der Waals surface area contributed by atoms with E-state index in [4.69, 9.17) is 16.3 Å². The molecule has 1 aliphatic rings. The van der Waals surface area contributed by atoms with Crippen molar-refractivity contribution in [2.45, 2.75) is 37.8 Å². The molecule has 2 atom stereocenters. The highest BCUT2D eigenvalue weighted by Gasteiger charge is 2.35. The number of rotatable bonds is 8. The van der Waals surface area contributed by atoms with E-state index in [0.29, 0.717) is 18.1 Å². The van der Waals surface area contributed by atoms with Gasteiger partial charge in [-0.2, -0.15) is 0 Å². The molecule has 0 aromatic heterocycles. The maximum atomic E-state index is 12.8. The molecule has 0 aliphatic heterocycles. The number of benzene rings is 1. The highest BCUT2D eigenvalue weighted by atomic mass is 35.5. The molecular weight excluding hydrogens is 312 g/mol. The Hall–Kier alpha value is -1.36. The Labute approximate surface area is 143 Å². The van der Waals surface area contributed by atoms with E-state index < -0.39 is 0 Å². The van der Waals surface area contributed by atoms with Gasteiger partial charge in [-0.3, -0.25) is 4.79 Å². The molecule has 0 saturated heterocycles. The molecule has 1 fully saturated rings. The second-order valence-electron chi connectivity index (χ2n) is 5.78. The Morgan fingerprint density at radius 2 is 2.17 bits per heavy atom. The van der Waals surface area contributed by atoms with Crippen LogP contribution in [0.4, 0.5) is 5.69 Å². The molecule has 1 saturated carbocycles. The van der Waals surface area contributed by atoms with Gasteiger partial charge in [-0.25, -0.2) is 0 Å². The lowest BCUT2D eigenvalue weighted by Gasteiger charge is -2.34.